The van der Waals surface area contributed by atoms with Crippen molar-refractivity contribution >= 4 is 15.9 Å². The van der Waals surface area contributed by atoms with E-state index in [1.54, 1.807) is 0 Å². The third kappa shape index (κ3) is 5.02. The molecule has 1 radical (unpaired) electrons. The molecule has 0 aromatic heterocycles. The summed E-state index contributed by atoms with van der Waals surface area (Å²) in [4.78, 5) is 10.2. The zero-order valence-electron chi connectivity index (χ0n) is 4.86. The molecule has 4 nitrogen and oxygen atoms in total. The van der Waals surface area contributed by atoms with Crippen LogP contribution in [0.4, 0.5) is 0 Å². The maximum atomic E-state index is 10.2. The highest BCUT2D eigenvalue weighted by Crippen LogP contribution is 1.77. The van der Waals surface area contributed by atoms with Gasteiger partial charge in [0.05, 0.1) is 6.26 Å². The fraction of sp³-hybridized carbons (Fsp3) is 0.250. The Morgan fingerprint density at radius 2 is 2.11 bits per heavy atom. The summed E-state index contributed by atoms with van der Waals surface area (Å²) in [5.74, 6) is -0.836. The van der Waals surface area contributed by atoms with Crippen LogP contribution in [0.15, 0.2) is 12.7 Å². The van der Waals surface area contributed by atoms with Gasteiger partial charge in [0.2, 0.25) is 0 Å². The minimum absolute atomic E-state index is 0.834. The van der Waals surface area contributed by atoms with Gasteiger partial charge in [-0.3, -0.25) is 4.79 Å². The third-order valence-corrected chi connectivity index (χ3v) is 0.942. The van der Waals surface area contributed by atoms with E-state index in [2.05, 4.69) is 11.3 Å². The van der Waals surface area contributed by atoms with E-state index in [9.17, 15) is 13.2 Å². The standard InChI is InChI=1S/C4H6NO3S/c1-3-4(6)5-9(2,7)8/h3H,1H2,2H3. The minimum Gasteiger partial charge on any atom is -0.267 e. The molecule has 0 aromatic carbocycles. The summed E-state index contributed by atoms with van der Waals surface area (Å²) in [7, 11) is -3.53. The molecule has 0 rings (SSSR count). The topological polar surface area (TPSA) is 65.3 Å². The molecule has 0 N–H and O–H groups in total. The second-order valence-corrected chi connectivity index (χ2v) is 3.02. The number of amides is 1. The quantitative estimate of drug-likeness (QED) is 0.484. The number of hydrogen-bond acceptors (Lipinski definition) is 3. The van der Waals surface area contributed by atoms with Gasteiger partial charge in [-0.25, -0.2) is 8.42 Å². The van der Waals surface area contributed by atoms with Crippen molar-refractivity contribution in [2.45, 2.75) is 0 Å². The molecule has 0 aliphatic heterocycles. The van der Waals surface area contributed by atoms with Crippen molar-refractivity contribution in [3.8, 4) is 0 Å². The summed E-state index contributed by atoms with van der Waals surface area (Å²) in [6.07, 6.45) is 1.68. The molecule has 0 atom stereocenters. The highest BCUT2D eigenvalue weighted by molar-refractivity contribution is 7.89. The molecule has 0 aliphatic carbocycles. The largest absolute Gasteiger partial charge is 0.279 e. The van der Waals surface area contributed by atoms with E-state index in [1.165, 1.54) is 0 Å². The van der Waals surface area contributed by atoms with Gasteiger partial charge in [0.1, 0.15) is 0 Å². The molecule has 51 valence electrons. The monoisotopic (exact) mass is 148 g/mol. The summed E-state index contributed by atoms with van der Waals surface area (Å²) < 4.78 is 23.1. The Balaban J connectivity index is 4.06. The van der Waals surface area contributed by atoms with Crippen molar-refractivity contribution in [3.05, 3.63) is 12.7 Å². The molecule has 0 unspecified atom stereocenters. The van der Waals surface area contributed by atoms with Crippen LogP contribution in [0.3, 0.4) is 0 Å². The Kier molecular flexibility index (Phi) is 2.39. The predicted octanol–water partition coefficient (Wildman–Crippen LogP) is -0.737. The van der Waals surface area contributed by atoms with E-state index in [1.807, 2.05) is 0 Å². The first-order valence-electron chi connectivity index (χ1n) is 2.05. The van der Waals surface area contributed by atoms with Crippen LogP contribution in [0.25, 0.3) is 0 Å². The van der Waals surface area contributed by atoms with Crippen LogP contribution in [0.1, 0.15) is 0 Å². The molecule has 9 heavy (non-hydrogen) atoms. The zero-order valence-corrected chi connectivity index (χ0v) is 5.68. The van der Waals surface area contributed by atoms with Crippen molar-refractivity contribution < 1.29 is 13.2 Å². The van der Waals surface area contributed by atoms with Crippen LogP contribution in [0.5, 0.6) is 0 Å². The van der Waals surface area contributed by atoms with Crippen LogP contribution in [0.2, 0.25) is 0 Å². The van der Waals surface area contributed by atoms with Crippen molar-refractivity contribution in [2.75, 3.05) is 6.26 Å². The molecule has 0 saturated carbocycles. The van der Waals surface area contributed by atoms with Gasteiger partial charge in [-0.1, -0.05) is 6.58 Å². The molecule has 0 spiro atoms. The fourth-order valence-corrected chi connectivity index (χ4v) is 0.602. The van der Waals surface area contributed by atoms with Crippen molar-refractivity contribution in [2.24, 2.45) is 0 Å². The van der Waals surface area contributed by atoms with Gasteiger partial charge in [-0.2, -0.15) is 0 Å². The third-order valence-electron chi connectivity index (χ3n) is 0.430. The lowest BCUT2D eigenvalue weighted by molar-refractivity contribution is -0.115. The summed E-state index contributed by atoms with van der Waals surface area (Å²) in [5.41, 5.74) is 0. The van der Waals surface area contributed by atoms with Gasteiger partial charge in [0.15, 0.2) is 0 Å². The maximum Gasteiger partial charge on any atom is 0.279 e. The van der Waals surface area contributed by atoms with Crippen molar-refractivity contribution in [3.63, 3.8) is 0 Å². The summed E-state index contributed by atoms with van der Waals surface area (Å²) in [6.45, 7) is 3.04. The number of sulfonamides is 1. The van der Waals surface area contributed by atoms with Crippen molar-refractivity contribution in [1.82, 2.24) is 4.72 Å². The van der Waals surface area contributed by atoms with E-state index >= 15 is 0 Å². The van der Waals surface area contributed by atoms with Crippen LogP contribution < -0.4 is 4.72 Å². The Morgan fingerprint density at radius 1 is 1.67 bits per heavy atom. The van der Waals surface area contributed by atoms with Gasteiger partial charge < -0.3 is 0 Å². The number of carbonyl (C=O) groups is 1. The normalized spacial score (nSPS) is 10.3. The van der Waals surface area contributed by atoms with Crippen LogP contribution >= 0.6 is 0 Å². The van der Waals surface area contributed by atoms with E-state index in [4.69, 9.17) is 0 Å². The van der Waals surface area contributed by atoms with E-state index in [0.29, 0.717) is 0 Å². The molecule has 0 heterocycles. The van der Waals surface area contributed by atoms with Gasteiger partial charge in [-0.15, -0.1) is 4.72 Å². The molecule has 0 aliphatic rings. The molecular formula is C4H6NO3S. The second kappa shape index (κ2) is 2.63. The van der Waals surface area contributed by atoms with Gasteiger partial charge in [0.25, 0.3) is 15.9 Å². The molecule has 0 aromatic rings. The molecular weight excluding hydrogens is 142 g/mol. The highest BCUT2D eigenvalue weighted by Gasteiger charge is 2.05. The smallest absolute Gasteiger partial charge is 0.267 e. The molecule has 5 heteroatoms. The number of rotatable bonds is 2. The Hall–Kier alpha value is -0.840. The Labute approximate surface area is 53.6 Å². The lowest BCUT2D eigenvalue weighted by Crippen LogP contribution is -2.19. The second-order valence-electron chi connectivity index (χ2n) is 1.37. The van der Waals surface area contributed by atoms with E-state index in [-0.39, 0.29) is 0 Å². The van der Waals surface area contributed by atoms with E-state index in [0.717, 1.165) is 12.3 Å². The average molecular weight is 148 g/mol. The molecule has 0 saturated heterocycles. The predicted molar refractivity (Wildman–Crippen MR) is 32.2 cm³/mol. The van der Waals surface area contributed by atoms with Crippen LogP contribution in [0, 0.1) is 0 Å². The highest BCUT2D eigenvalue weighted by atomic mass is 32.2. The van der Waals surface area contributed by atoms with Gasteiger partial charge in [0, 0.05) is 0 Å². The van der Waals surface area contributed by atoms with Gasteiger partial charge in [-0.05, 0) is 6.08 Å². The molecule has 0 fully saturated rings. The summed E-state index contributed by atoms with van der Waals surface area (Å²) in [5, 5.41) is 0. The fourth-order valence-electron chi connectivity index (χ4n) is 0.201. The number of hydrogen-bond donors (Lipinski definition) is 0. The van der Waals surface area contributed by atoms with Crippen molar-refractivity contribution in [1.29, 1.82) is 0 Å². The minimum atomic E-state index is -3.53. The van der Waals surface area contributed by atoms with Crippen LogP contribution in [-0.4, -0.2) is 20.6 Å². The first-order chi connectivity index (χ1) is 3.95. The number of carbonyl (C=O) groups excluding carboxylic acids is 1. The van der Waals surface area contributed by atoms with E-state index < -0.39 is 15.9 Å². The lowest BCUT2D eigenvalue weighted by Gasteiger charge is -1.89. The first kappa shape index (κ1) is 8.16. The molecule has 1 amide bonds. The summed E-state index contributed by atoms with van der Waals surface area (Å²) in [6, 6.07) is 0. The Morgan fingerprint density at radius 3 is 2.22 bits per heavy atom. The van der Waals surface area contributed by atoms with Crippen LogP contribution in [-0.2, 0) is 14.8 Å². The lowest BCUT2D eigenvalue weighted by atomic mass is 10.6. The SMILES string of the molecule is C=CC(=O)[N]S(C)(=O)=O. The summed E-state index contributed by atoms with van der Waals surface area (Å²) >= 11 is 0. The maximum absolute atomic E-state index is 10.2. The number of nitrogens with zero attached hydrogens (tertiary/aromatic N) is 1. The molecule has 0 bridgehead atoms. The van der Waals surface area contributed by atoms with Gasteiger partial charge >= 0.3 is 0 Å². The Bertz CT molecular complexity index is 216. The average Bonchev–Trinajstić information content (AvgIpc) is 1.62. The zero-order chi connectivity index (χ0) is 7.49. The first-order valence-corrected chi connectivity index (χ1v) is 3.90.